The van der Waals surface area contributed by atoms with E-state index in [0.717, 1.165) is 16.1 Å². The Morgan fingerprint density at radius 2 is 2.42 bits per heavy atom. The minimum absolute atomic E-state index is 0.722. The smallest absolute Gasteiger partial charge is 0.114 e. The van der Waals surface area contributed by atoms with Crippen molar-refractivity contribution in [3.05, 3.63) is 28.6 Å². The van der Waals surface area contributed by atoms with Crippen LogP contribution in [0.3, 0.4) is 0 Å². The Bertz CT molecular complexity index is 408. The van der Waals surface area contributed by atoms with Crippen molar-refractivity contribution in [1.29, 1.82) is 5.26 Å². The van der Waals surface area contributed by atoms with Gasteiger partial charge in [-0.05, 0) is 17.5 Å². The zero-order chi connectivity index (χ0) is 8.39. The number of hydrogen-bond donors (Lipinski definition) is 1. The molecular formula is C8H5N3S. The maximum absolute atomic E-state index is 8.73. The predicted molar refractivity (Wildman–Crippen MR) is 46.6 cm³/mol. The largest absolute Gasteiger partial charge is 0.278 e. The van der Waals surface area contributed by atoms with Crippen LogP contribution in [0.1, 0.15) is 4.88 Å². The Balaban J connectivity index is 2.55. The van der Waals surface area contributed by atoms with Crippen LogP contribution in [0.2, 0.25) is 0 Å². The minimum Gasteiger partial charge on any atom is -0.278 e. The summed E-state index contributed by atoms with van der Waals surface area (Å²) in [4.78, 5) is 0.722. The lowest BCUT2D eigenvalue weighted by Crippen LogP contribution is -1.76. The lowest BCUT2D eigenvalue weighted by Gasteiger charge is -1.90. The van der Waals surface area contributed by atoms with Gasteiger partial charge in [0.1, 0.15) is 10.9 Å². The topological polar surface area (TPSA) is 52.5 Å². The number of rotatable bonds is 1. The van der Waals surface area contributed by atoms with Crippen molar-refractivity contribution in [2.24, 2.45) is 0 Å². The second-order valence-electron chi connectivity index (χ2n) is 2.25. The first-order valence-corrected chi connectivity index (χ1v) is 4.27. The molecule has 0 bridgehead atoms. The van der Waals surface area contributed by atoms with E-state index in [2.05, 4.69) is 16.3 Å². The molecule has 58 valence electrons. The zero-order valence-corrected chi connectivity index (χ0v) is 6.93. The highest BCUT2D eigenvalue weighted by Gasteiger charge is 2.05. The van der Waals surface area contributed by atoms with Crippen LogP contribution < -0.4 is 0 Å². The van der Waals surface area contributed by atoms with Crippen molar-refractivity contribution in [2.45, 2.75) is 0 Å². The Morgan fingerprint density at radius 3 is 3.08 bits per heavy atom. The number of thiophene rings is 1. The quantitative estimate of drug-likeness (QED) is 0.720. The number of nitriles is 1. The standard InChI is InChI=1S/C8H5N3S/c9-5-8-6(2-4-12-8)7-1-3-10-11-7/h1-4H,(H,10,11). The Kier molecular flexibility index (Phi) is 1.65. The molecule has 0 fully saturated rings. The Labute approximate surface area is 73.3 Å². The number of hydrogen-bond acceptors (Lipinski definition) is 3. The molecule has 0 spiro atoms. The molecule has 1 N–H and O–H groups in total. The normalized spacial score (nSPS) is 9.58. The van der Waals surface area contributed by atoms with Crippen LogP contribution in [0, 0.1) is 11.3 Å². The second-order valence-corrected chi connectivity index (χ2v) is 3.16. The van der Waals surface area contributed by atoms with E-state index in [-0.39, 0.29) is 0 Å². The number of aromatic nitrogens is 2. The Hall–Kier alpha value is -1.60. The summed E-state index contributed by atoms with van der Waals surface area (Å²) >= 11 is 1.44. The van der Waals surface area contributed by atoms with Gasteiger partial charge in [0.2, 0.25) is 0 Å². The van der Waals surface area contributed by atoms with E-state index in [1.807, 2.05) is 17.5 Å². The number of H-pyrrole nitrogens is 1. The molecule has 4 heteroatoms. The third-order valence-corrected chi connectivity index (χ3v) is 2.38. The maximum atomic E-state index is 8.73. The van der Waals surface area contributed by atoms with Gasteiger partial charge >= 0.3 is 0 Å². The molecule has 0 saturated heterocycles. The highest BCUT2D eigenvalue weighted by molar-refractivity contribution is 7.11. The molecule has 2 aromatic rings. The fourth-order valence-corrected chi connectivity index (χ4v) is 1.71. The van der Waals surface area contributed by atoms with E-state index in [1.54, 1.807) is 6.20 Å². The van der Waals surface area contributed by atoms with Gasteiger partial charge in [-0.2, -0.15) is 10.4 Å². The van der Waals surface area contributed by atoms with Gasteiger partial charge in [0.05, 0.1) is 5.69 Å². The number of aromatic amines is 1. The first-order chi connectivity index (χ1) is 5.92. The lowest BCUT2D eigenvalue weighted by molar-refractivity contribution is 1.10. The molecule has 0 saturated carbocycles. The summed E-state index contributed by atoms with van der Waals surface area (Å²) in [7, 11) is 0. The molecule has 2 rings (SSSR count). The second kappa shape index (κ2) is 2.80. The molecule has 3 nitrogen and oxygen atoms in total. The van der Waals surface area contributed by atoms with Gasteiger partial charge < -0.3 is 0 Å². The summed E-state index contributed by atoms with van der Waals surface area (Å²) in [6, 6.07) is 5.90. The molecule has 0 aromatic carbocycles. The molecule has 0 unspecified atom stereocenters. The van der Waals surface area contributed by atoms with Crippen molar-refractivity contribution in [2.75, 3.05) is 0 Å². The molecule has 0 atom stereocenters. The van der Waals surface area contributed by atoms with Gasteiger partial charge in [-0.3, -0.25) is 5.10 Å². The van der Waals surface area contributed by atoms with Crippen LogP contribution in [0.25, 0.3) is 11.3 Å². The summed E-state index contributed by atoms with van der Waals surface area (Å²) in [5.41, 5.74) is 1.83. The monoisotopic (exact) mass is 175 g/mol. The van der Waals surface area contributed by atoms with E-state index < -0.39 is 0 Å². The first kappa shape index (κ1) is 7.07. The summed E-state index contributed by atoms with van der Waals surface area (Å²) in [6.07, 6.45) is 1.67. The van der Waals surface area contributed by atoms with Gasteiger partial charge in [-0.15, -0.1) is 11.3 Å². The predicted octanol–water partition coefficient (Wildman–Crippen LogP) is 2.01. The molecular weight excluding hydrogens is 170 g/mol. The highest BCUT2D eigenvalue weighted by atomic mass is 32.1. The van der Waals surface area contributed by atoms with Crippen LogP contribution in [0.4, 0.5) is 0 Å². The zero-order valence-electron chi connectivity index (χ0n) is 6.11. The molecule has 0 aliphatic rings. The average molecular weight is 175 g/mol. The van der Waals surface area contributed by atoms with Gasteiger partial charge in [-0.1, -0.05) is 0 Å². The van der Waals surface area contributed by atoms with Gasteiger partial charge in [-0.25, -0.2) is 0 Å². The summed E-state index contributed by atoms with van der Waals surface area (Å²) < 4.78 is 0. The molecule has 2 heterocycles. The summed E-state index contributed by atoms with van der Waals surface area (Å²) in [6.45, 7) is 0. The van der Waals surface area contributed by atoms with E-state index in [0.29, 0.717) is 0 Å². The summed E-state index contributed by atoms with van der Waals surface area (Å²) in [5, 5.41) is 17.3. The van der Waals surface area contributed by atoms with Crippen molar-refractivity contribution in [1.82, 2.24) is 10.2 Å². The van der Waals surface area contributed by atoms with Gasteiger partial charge in [0.25, 0.3) is 0 Å². The van der Waals surface area contributed by atoms with Crippen molar-refractivity contribution >= 4 is 11.3 Å². The van der Waals surface area contributed by atoms with Crippen LogP contribution in [-0.2, 0) is 0 Å². The molecule has 0 amide bonds. The van der Waals surface area contributed by atoms with E-state index >= 15 is 0 Å². The third kappa shape index (κ3) is 1.00. The first-order valence-electron chi connectivity index (χ1n) is 3.39. The van der Waals surface area contributed by atoms with E-state index in [1.165, 1.54) is 11.3 Å². The van der Waals surface area contributed by atoms with Crippen LogP contribution in [0.5, 0.6) is 0 Å². The SMILES string of the molecule is N#Cc1sccc1-c1ccn[nH]1. The highest BCUT2D eigenvalue weighted by Crippen LogP contribution is 2.25. The van der Waals surface area contributed by atoms with Crippen LogP contribution >= 0.6 is 11.3 Å². The van der Waals surface area contributed by atoms with Gasteiger partial charge in [0, 0.05) is 11.8 Å². The molecule has 0 aliphatic heterocycles. The molecule has 12 heavy (non-hydrogen) atoms. The fourth-order valence-electron chi connectivity index (χ4n) is 1.01. The van der Waals surface area contributed by atoms with Crippen LogP contribution in [-0.4, -0.2) is 10.2 Å². The van der Waals surface area contributed by atoms with Crippen molar-refractivity contribution in [3.8, 4) is 17.3 Å². The lowest BCUT2D eigenvalue weighted by atomic mass is 10.2. The van der Waals surface area contributed by atoms with Crippen molar-refractivity contribution in [3.63, 3.8) is 0 Å². The van der Waals surface area contributed by atoms with Crippen molar-refractivity contribution < 1.29 is 0 Å². The molecule has 0 aliphatic carbocycles. The average Bonchev–Trinajstić information content (AvgIpc) is 2.74. The molecule has 0 radical (unpaired) electrons. The van der Waals surface area contributed by atoms with Gasteiger partial charge in [0.15, 0.2) is 0 Å². The summed E-state index contributed by atoms with van der Waals surface area (Å²) in [5.74, 6) is 0. The Morgan fingerprint density at radius 1 is 1.50 bits per heavy atom. The van der Waals surface area contributed by atoms with Crippen LogP contribution in [0.15, 0.2) is 23.7 Å². The maximum Gasteiger partial charge on any atom is 0.114 e. The fraction of sp³-hybridized carbons (Fsp3) is 0. The minimum atomic E-state index is 0.722. The number of nitrogens with one attached hydrogen (secondary N) is 1. The third-order valence-electron chi connectivity index (χ3n) is 1.56. The van der Waals surface area contributed by atoms with E-state index in [4.69, 9.17) is 5.26 Å². The number of nitrogens with zero attached hydrogens (tertiary/aromatic N) is 2. The molecule has 2 aromatic heterocycles. The van der Waals surface area contributed by atoms with E-state index in [9.17, 15) is 0 Å².